The molecule has 0 radical (unpaired) electrons. The van der Waals surface area contributed by atoms with Gasteiger partial charge in [-0.15, -0.1) is 0 Å². The lowest BCUT2D eigenvalue weighted by molar-refractivity contribution is -0.108. The summed E-state index contributed by atoms with van der Waals surface area (Å²) in [7, 11) is 0. The summed E-state index contributed by atoms with van der Waals surface area (Å²) in [5.74, 6) is -0.0603. The summed E-state index contributed by atoms with van der Waals surface area (Å²) < 4.78 is 0. The summed E-state index contributed by atoms with van der Waals surface area (Å²) in [6.07, 6.45) is 1.00. The highest BCUT2D eigenvalue weighted by molar-refractivity contribution is 6.00. The van der Waals surface area contributed by atoms with Crippen molar-refractivity contribution in [3.05, 3.63) is 60.2 Å². The minimum absolute atomic E-state index is 0.0603. The average molecular weight is 234 g/mol. The zero-order valence-corrected chi connectivity index (χ0v) is 10.3. The number of fused-ring (bicyclic) bond motifs is 2. The van der Waals surface area contributed by atoms with Gasteiger partial charge in [-0.3, -0.25) is 0 Å². The summed E-state index contributed by atoms with van der Waals surface area (Å²) in [5, 5.41) is 4.83. The molecule has 0 saturated carbocycles. The van der Waals surface area contributed by atoms with Crippen molar-refractivity contribution in [3.63, 3.8) is 0 Å². The van der Waals surface area contributed by atoms with E-state index in [0.717, 1.165) is 11.8 Å². The largest absolute Gasteiger partial charge is 0.303 e. The predicted molar refractivity (Wildman–Crippen MR) is 75.9 cm³/mol. The van der Waals surface area contributed by atoms with Gasteiger partial charge in [-0.25, -0.2) is 0 Å². The van der Waals surface area contributed by atoms with Crippen molar-refractivity contribution in [2.24, 2.45) is 0 Å². The fourth-order valence-electron chi connectivity index (χ4n) is 2.46. The molecular weight excluding hydrogens is 220 g/mol. The van der Waals surface area contributed by atoms with E-state index in [2.05, 4.69) is 30.3 Å². The molecule has 0 aromatic heterocycles. The quantitative estimate of drug-likeness (QED) is 0.477. The lowest BCUT2D eigenvalue weighted by Gasteiger charge is -2.10. The van der Waals surface area contributed by atoms with Crippen molar-refractivity contribution in [2.75, 3.05) is 0 Å². The molecule has 0 amide bonds. The van der Waals surface area contributed by atoms with E-state index in [9.17, 15) is 4.79 Å². The van der Waals surface area contributed by atoms with Gasteiger partial charge in [-0.1, -0.05) is 49.4 Å². The first kappa shape index (κ1) is 11.0. The summed E-state index contributed by atoms with van der Waals surface area (Å²) in [6.45, 7) is 1.94. The third kappa shape index (κ3) is 1.68. The van der Waals surface area contributed by atoms with Crippen LogP contribution in [0.1, 0.15) is 18.4 Å². The Balaban J connectivity index is 2.39. The smallest absolute Gasteiger partial charge is 0.127 e. The molecule has 1 nitrogen and oxygen atoms in total. The van der Waals surface area contributed by atoms with Crippen LogP contribution in [0.15, 0.2) is 54.6 Å². The fraction of sp³-hybridized carbons (Fsp3) is 0.118. The SMILES string of the molecule is CC(C=O)c1cccc2cc3ccccc3cc12. The molecule has 88 valence electrons. The van der Waals surface area contributed by atoms with Crippen molar-refractivity contribution in [2.45, 2.75) is 12.8 Å². The van der Waals surface area contributed by atoms with Gasteiger partial charge in [0, 0.05) is 5.92 Å². The molecular formula is C17H14O. The number of benzene rings is 3. The highest BCUT2D eigenvalue weighted by atomic mass is 16.1. The predicted octanol–water partition coefficient (Wildman–Crippen LogP) is 4.30. The van der Waals surface area contributed by atoms with Gasteiger partial charge in [-0.2, -0.15) is 0 Å². The monoisotopic (exact) mass is 234 g/mol. The Hall–Kier alpha value is -2.15. The van der Waals surface area contributed by atoms with Crippen molar-refractivity contribution in [1.82, 2.24) is 0 Å². The average Bonchev–Trinajstić information content (AvgIpc) is 2.43. The Labute approximate surface area is 106 Å². The number of carbonyl (C=O) groups excluding carboxylic acids is 1. The van der Waals surface area contributed by atoms with Crippen LogP contribution in [-0.2, 0) is 4.79 Å². The maximum Gasteiger partial charge on any atom is 0.127 e. The first-order chi connectivity index (χ1) is 8.79. The van der Waals surface area contributed by atoms with E-state index < -0.39 is 0 Å². The normalized spacial score (nSPS) is 12.7. The van der Waals surface area contributed by atoms with Crippen LogP contribution >= 0.6 is 0 Å². The van der Waals surface area contributed by atoms with Gasteiger partial charge < -0.3 is 4.79 Å². The summed E-state index contributed by atoms with van der Waals surface area (Å²) in [6, 6.07) is 18.8. The number of rotatable bonds is 2. The number of carbonyl (C=O) groups is 1. The van der Waals surface area contributed by atoms with Gasteiger partial charge in [0.1, 0.15) is 6.29 Å². The molecule has 0 aliphatic rings. The molecule has 1 unspecified atom stereocenters. The zero-order valence-electron chi connectivity index (χ0n) is 10.3. The molecule has 1 heteroatoms. The second kappa shape index (κ2) is 4.26. The van der Waals surface area contributed by atoms with Crippen LogP contribution in [0.4, 0.5) is 0 Å². The van der Waals surface area contributed by atoms with Gasteiger partial charge in [0.25, 0.3) is 0 Å². The fourth-order valence-corrected chi connectivity index (χ4v) is 2.46. The molecule has 0 aliphatic carbocycles. The van der Waals surface area contributed by atoms with E-state index in [1.54, 1.807) is 0 Å². The summed E-state index contributed by atoms with van der Waals surface area (Å²) in [5.41, 5.74) is 1.10. The second-order valence-corrected chi connectivity index (χ2v) is 4.69. The Morgan fingerprint density at radius 1 is 0.889 bits per heavy atom. The molecule has 1 atom stereocenters. The third-order valence-electron chi connectivity index (χ3n) is 3.48. The maximum absolute atomic E-state index is 11.0. The first-order valence-electron chi connectivity index (χ1n) is 6.16. The molecule has 0 spiro atoms. The maximum atomic E-state index is 11.0. The second-order valence-electron chi connectivity index (χ2n) is 4.69. The van der Waals surface area contributed by atoms with Crippen LogP contribution < -0.4 is 0 Å². The van der Waals surface area contributed by atoms with Crippen LogP contribution in [-0.4, -0.2) is 6.29 Å². The van der Waals surface area contributed by atoms with E-state index in [4.69, 9.17) is 0 Å². The number of hydrogen-bond acceptors (Lipinski definition) is 1. The topological polar surface area (TPSA) is 17.1 Å². The summed E-state index contributed by atoms with van der Waals surface area (Å²) in [4.78, 5) is 11.0. The molecule has 0 saturated heterocycles. The Kier molecular flexibility index (Phi) is 2.60. The van der Waals surface area contributed by atoms with Crippen LogP contribution in [0, 0.1) is 0 Å². The molecule has 3 aromatic rings. The first-order valence-corrected chi connectivity index (χ1v) is 6.16. The van der Waals surface area contributed by atoms with Gasteiger partial charge >= 0.3 is 0 Å². The van der Waals surface area contributed by atoms with E-state index >= 15 is 0 Å². The summed E-state index contributed by atoms with van der Waals surface area (Å²) >= 11 is 0. The van der Waals surface area contributed by atoms with E-state index in [-0.39, 0.29) is 5.92 Å². The standard InChI is InChI=1S/C17H14O/c1-12(11-18)16-8-4-7-15-9-13-5-2-3-6-14(13)10-17(15)16/h2-12H,1H3. The van der Waals surface area contributed by atoms with E-state index in [0.29, 0.717) is 0 Å². The lowest BCUT2D eigenvalue weighted by Crippen LogP contribution is -1.95. The molecule has 0 aliphatic heterocycles. The van der Waals surface area contributed by atoms with Crippen LogP contribution in [0.2, 0.25) is 0 Å². The van der Waals surface area contributed by atoms with Gasteiger partial charge in [0.05, 0.1) is 0 Å². The van der Waals surface area contributed by atoms with Crippen LogP contribution in [0.3, 0.4) is 0 Å². The minimum Gasteiger partial charge on any atom is -0.303 e. The minimum atomic E-state index is -0.0603. The molecule has 18 heavy (non-hydrogen) atoms. The lowest BCUT2D eigenvalue weighted by atomic mass is 9.94. The molecule has 0 heterocycles. The van der Waals surface area contributed by atoms with Crippen LogP contribution in [0.25, 0.3) is 21.5 Å². The molecule has 0 bridgehead atoms. The van der Waals surface area contributed by atoms with Gasteiger partial charge in [0.2, 0.25) is 0 Å². The Bertz CT molecular complexity index is 728. The van der Waals surface area contributed by atoms with E-state index in [1.807, 2.05) is 31.2 Å². The molecule has 0 fully saturated rings. The highest BCUT2D eigenvalue weighted by Crippen LogP contribution is 2.28. The van der Waals surface area contributed by atoms with Crippen molar-refractivity contribution >= 4 is 27.8 Å². The molecule has 3 aromatic carbocycles. The number of aldehydes is 1. The van der Waals surface area contributed by atoms with Crippen molar-refractivity contribution < 1.29 is 4.79 Å². The number of hydrogen-bond donors (Lipinski definition) is 0. The van der Waals surface area contributed by atoms with Gasteiger partial charge in [0.15, 0.2) is 0 Å². The van der Waals surface area contributed by atoms with E-state index in [1.165, 1.54) is 21.5 Å². The van der Waals surface area contributed by atoms with Gasteiger partial charge in [-0.05, 0) is 39.2 Å². The zero-order chi connectivity index (χ0) is 12.5. The Morgan fingerprint density at radius 3 is 2.28 bits per heavy atom. The van der Waals surface area contributed by atoms with Crippen LogP contribution in [0.5, 0.6) is 0 Å². The molecule has 0 N–H and O–H groups in total. The van der Waals surface area contributed by atoms with Crippen molar-refractivity contribution in [1.29, 1.82) is 0 Å². The van der Waals surface area contributed by atoms with Crippen molar-refractivity contribution in [3.8, 4) is 0 Å². The molecule has 3 rings (SSSR count). The Morgan fingerprint density at radius 2 is 1.56 bits per heavy atom. The highest BCUT2D eigenvalue weighted by Gasteiger charge is 2.08. The third-order valence-corrected chi connectivity index (χ3v) is 3.48.